The van der Waals surface area contributed by atoms with Gasteiger partial charge in [0.1, 0.15) is 12.4 Å². The molecule has 1 fully saturated rings. The number of likely N-dealkylation sites (N-methyl/N-ethyl adjacent to an activating group) is 1. The summed E-state index contributed by atoms with van der Waals surface area (Å²) in [4.78, 5) is 21.5. The van der Waals surface area contributed by atoms with Crippen LogP contribution in [0.4, 0.5) is 0 Å². The van der Waals surface area contributed by atoms with Gasteiger partial charge in [-0.15, -0.1) is 0 Å². The Kier molecular flexibility index (Phi) is 4.69. The number of rotatable bonds is 4. The topological polar surface area (TPSA) is 41.4 Å². The fraction of sp³-hybridized carbons (Fsp3) is 0.500. The second-order valence-electron chi connectivity index (χ2n) is 5.72. The standard InChI is InChI=1S/C16H22N4OS/c1-18-7-9-19(10-8-18)16(21)11-20-14-6-4-3-5-13(14)17-15(20)12-22-2/h3-6H,7-12H2,1-2H3. The number of fused-ring (bicyclic) bond motifs is 1. The third kappa shape index (κ3) is 3.13. The predicted molar refractivity (Wildman–Crippen MR) is 91.0 cm³/mol. The molecule has 0 bridgehead atoms. The van der Waals surface area contributed by atoms with Crippen molar-refractivity contribution >= 4 is 28.7 Å². The third-order valence-electron chi connectivity index (χ3n) is 4.16. The highest BCUT2D eigenvalue weighted by molar-refractivity contribution is 7.97. The maximum Gasteiger partial charge on any atom is 0.242 e. The first-order valence-corrected chi connectivity index (χ1v) is 8.98. The van der Waals surface area contributed by atoms with E-state index < -0.39 is 0 Å². The van der Waals surface area contributed by atoms with Crippen LogP contribution in [0.1, 0.15) is 5.82 Å². The lowest BCUT2D eigenvalue weighted by molar-refractivity contribution is -0.133. The van der Waals surface area contributed by atoms with Crippen LogP contribution in [0.3, 0.4) is 0 Å². The molecule has 0 spiro atoms. The molecule has 0 N–H and O–H groups in total. The van der Waals surface area contributed by atoms with Gasteiger partial charge in [0.05, 0.1) is 16.8 Å². The average molecular weight is 318 g/mol. The molecule has 0 radical (unpaired) electrons. The summed E-state index contributed by atoms with van der Waals surface area (Å²) in [5.41, 5.74) is 2.02. The summed E-state index contributed by atoms with van der Waals surface area (Å²) in [5.74, 6) is 2.00. The van der Waals surface area contributed by atoms with E-state index in [1.54, 1.807) is 11.8 Å². The Morgan fingerprint density at radius 3 is 2.68 bits per heavy atom. The largest absolute Gasteiger partial charge is 0.339 e. The maximum atomic E-state index is 12.6. The average Bonchev–Trinajstić information content (AvgIpc) is 2.86. The van der Waals surface area contributed by atoms with Gasteiger partial charge in [-0.2, -0.15) is 11.8 Å². The minimum atomic E-state index is 0.193. The Labute approximate surface area is 135 Å². The number of aromatic nitrogens is 2. The van der Waals surface area contributed by atoms with Gasteiger partial charge in [-0.1, -0.05) is 12.1 Å². The number of carbonyl (C=O) groups excluding carboxylic acids is 1. The van der Waals surface area contributed by atoms with Crippen molar-refractivity contribution in [3.05, 3.63) is 30.1 Å². The van der Waals surface area contributed by atoms with E-state index in [0.29, 0.717) is 6.54 Å². The molecule has 6 heteroatoms. The predicted octanol–water partition coefficient (Wildman–Crippen LogP) is 1.67. The SMILES string of the molecule is CSCc1nc2ccccc2n1CC(=O)N1CCN(C)CC1. The van der Waals surface area contributed by atoms with Crippen molar-refractivity contribution < 1.29 is 4.79 Å². The Balaban J connectivity index is 1.83. The molecule has 22 heavy (non-hydrogen) atoms. The van der Waals surface area contributed by atoms with Gasteiger partial charge in [0.2, 0.25) is 5.91 Å². The molecule has 0 saturated carbocycles. The van der Waals surface area contributed by atoms with Crippen molar-refractivity contribution in [2.45, 2.75) is 12.3 Å². The van der Waals surface area contributed by atoms with E-state index in [0.717, 1.165) is 48.8 Å². The number of para-hydroxylation sites is 2. The van der Waals surface area contributed by atoms with Gasteiger partial charge < -0.3 is 14.4 Å². The number of hydrogen-bond donors (Lipinski definition) is 0. The Morgan fingerprint density at radius 2 is 1.95 bits per heavy atom. The minimum Gasteiger partial charge on any atom is -0.339 e. The van der Waals surface area contributed by atoms with Crippen LogP contribution in [0, 0.1) is 0 Å². The molecule has 2 aromatic rings. The number of amides is 1. The lowest BCUT2D eigenvalue weighted by Gasteiger charge is -2.32. The molecule has 1 aliphatic rings. The Bertz CT molecular complexity index is 661. The number of nitrogens with zero attached hydrogens (tertiary/aromatic N) is 4. The molecular formula is C16H22N4OS. The molecule has 2 heterocycles. The number of piperazine rings is 1. The van der Waals surface area contributed by atoms with Crippen LogP contribution in [0.15, 0.2) is 24.3 Å². The lowest BCUT2D eigenvalue weighted by Crippen LogP contribution is -2.48. The zero-order valence-corrected chi connectivity index (χ0v) is 14.0. The number of carbonyl (C=O) groups is 1. The first-order chi connectivity index (χ1) is 10.7. The second kappa shape index (κ2) is 6.71. The Hall–Kier alpha value is -1.53. The van der Waals surface area contributed by atoms with Gasteiger partial charge in [0, 0.05) is 26.2 Å². The molecule has 0 aliphatic carbocycles. The smallest absolute Gasteiger partial charge is 0.242 e. The van der Waals surface area contributed by atoms with Crippen molar-refractivity contribution in [2.24, 2.45) is 0 Å². The molecule has 3 rings (SSSR count). The van der Waals surface area contributed by atoms with E-state index in [4.69, 9.17) is 0 Å². The van der Waals surface area contributed by atoms with Gasteiger partial charge in [-0.3, -0.25) is 4.79 Å². The first-order valence-electron chi connectivity index (χ1n) is 7.58. The van der Waals surface area contributed by atoms with Crippen LogP contribution in [-0.4, -0.2) is 64.7 Å². The molecule has 118 valence electrons. The fourth-order valence-corrected chi connectivity index (χ4v) is 3.31. The van der Waals surface area contributed by atoms with E-state index in [-0.39, 0.29) is 5.91 Å². The molecule has 5 nitrogen and oxygen atoms in total. The normalized spacial score (nSPS) is 16.4. The molecule has 1 amide bonds. The number of benzene rings is 1. The first kappa shape index (κ1) is 15.4. The summed E-state index contributed by atoms with van der Waals surface area (Å²) in [6.45, 7) is 3.93. The molecule has 0 unspecified atom stereocenters. The van der Waals surface area contributed by atoms with Crippen LogP contribution < -0.4 is 0 Å². The third-order valence-corrected chi connectivity index (χ3v) is 4.70. The number of hydrogen-bond acceptors (Lipinski definition) is 4. The van der Waals surface area contributed by atoms with E-state index in [1.807, 2.05) is 29.2 Å². The number of thioether (sulfide) groups is 1. The molecule has 1 aromatic carbocycles. The molecular weight excluding hydrogens is 296 g/mol. The van der Waals surface area contributed by atoms with E-state index in [1.165, 1.54) is 0 Å². The Morgan fingerprint density at radius 1 is 1.23 bits per heavy atom. The van der Waals surface area contributed by atoms with Gasteiger partial charge >= 0.3 is 0 Å². The minimum absolute atomic E-state index is 0.193. The monoisotopic (exact) mass is 318 g/mol. The van der Waals surface area contributed by atoms with Crippen LogP contribution in [0.2, 0.25) is 0 Å². The molecule has 1 saturated heterocycles. The molecule has 0 atom stereocenters. The summed E-state index contributed by atoms with van der Waals surface area (Å²) in [7, 11) is 2.10. The zero-order valence-electron chi connectivity index (χ0n) is 13.2. The summed E-state index contributed by atoms with van der Waals surface area (Å²) in [6.07, 6.45) is 2.06. The van der Waals surface area contributed by atoms with Crippen LogP contribution in [0.5, 0.6) is 0 Å². The molecule has 1 aromatic heterocycles. The summed E-state index contributed by atoms with van der Waals surface area (Å²) in [6, 6.07) is 8.05. The van der Waals surface area contributed by atoms with Gasteiger partial charge in [0.25, 0.3) is 0 Å². The lowest BCUT2D eigenvalue weighted by atomic mass is 10.3. The highest BCUT2D eigenvalue weighted by atomic mass is 32.2. The molecule has 1 aliphatic heterocycles. The van der Waals surface area contributed by atoms with Crippen molar-refractivity contribution in [1.82, 2.24) is 19.4 Å². The van der Waals surface area contributed by atoms with Gasteiger partial charge in [-0.25, -0.2) is 4.98 Å². The van der Waals surface area contributed by atoms with Crippen molar-refractivity contribution in [2.75, 3.05) is 39.5 Å². The van der Waals surface area contributed by atoms with E-state index in [2.05, 4.69) is 27.8 Å². The fourth-order valence-electron chi connectivity index (χ4n) is 2.83. The van der Waals surface area contributed by atoms with Crippen molar-refractivity contribution in [1.29, 1.82) is 0 Å². The second-order valence-corrected chi connectivity index (χ2v) is 6.59. The quantitative estimate of drug-likeness (QED) is 0.860. The van der Waals surface area contributed by atoms with Gasteiger partial charge in [0.15, 0.2) is 0 Å². The number of imidazole rings is 1. The highest BCUT2D eigenvalue weighted by Crippen LogP contribution is 2.19. The van der Waals surface area contributed by atoms with Crippen LogP contribution >= 0.6 is 11.8 Å². The van der Waals surface area contributed by atoms with E-state index in [9.17, 15) is 4.79 Å². The highest BCUT2D eigenvalue weighted by Gasteiger charge is 2.21. The summed E-state index contributed by atoms with van der Waals surface area (Å²) in [5, 5.41) is 0. The maximum absolute atomic E-state index is 12.6. The van der Waals surface area contributed by atoms with Crippen molar-refractivity contribution in [3.8, 4) is 0 Å². The summed E-state index contributed by atoms with van der Waals surface area (Å²) >= 11 is 1.73. The van der Waals surface area contributed by atoms with Crippen molar-refractivity contribution in [3.63, 3.8) is 0 Å². The van der Waals surface area contributed by atoms with Crippen LogP contribution in [0.25, 0.3) is 11.0 Å². The summed E-state index contributed by atoms with van der Waals surface area (Å²) < 4.78 is 2.08. The van der Waals surface area contributed by atoms with Crippen LogP contribution in [-0.2, 0) is 17.1 Å². The van der Waals surface area contributed by atoms with E-state index >= 15 is 0 Å². The van der Waals surface area contributed by atoms with Gasteiger partial charge in [-0.05, 0) is 25.4 Å². The zero-order chi connectivity index (χ0) is 15.5.